The first-order valence-electron chi connectivity index (χ1n) is 6.74. The van der Waals surface area contributed by atoms with E-state index in [1.54, 1.807) is 6.08 Å². The quantitative estimate of drug-likeness (QED) is 0.521. The minimum atomic E-state index is 0.391. The van der Waals surface area contributed by atoms with E-state index in [9.17, 15) is 0 Å². The van der Waals surface area contributed by atoms with Gasteiger partial charge in [0.05, 0.1) is 0 Å². The Morgan fingerprint density at radius 2 is 1.84 bits per heavy atom. The Morgan fingerprint density at radius 3 is 2.42 bits per heavy atom. The van der Waals surface area contributed by atoms with Gasteiger partial charge in [-0.25, -0.2) is 0 Å². The molecule has 1 atom stereocenters. The molecule has 1 rings (SSSR count). The summed E-state index contributed by atoms with van der Waals surface area (Å²) in [7, 11) is 0. The first kappa shape index (κ1) is 15.2. The zero-order valence-electron chi connectivity index (χ0n) is 11.8. The van der Waals surface area contributed by atoms with Gasteiger partial charge >= 0.3 is 0 Å². The van der Waals surface area contributed by atoms with Crippen molar-refractivity contribution in [2.75, 3.05) is 0 Å². The molecule has 0 saturated heterocycles. The molecule has 0 aromatic heterocycles. The number of allylic oxidation sites excluding steroid dienone is 5. The lowest BCUT2D eigenvalue weighted by Crippen LogP contribution is -2.12. The second-order valence-corrected chi connectivity index (χ2v) is 4.96. The van der Waals surface area contributed by atoms with Crippen LogP contribution in [0.15, 0.2) is 67.3 Å². The van der Waals surface area contributed by atoms with Crippen molar-refractivity contribution in [3.05, 3.63) is 72.9 Å². The van der Waals surface area contributed by atoms with E-state index in [2.05, 4.69) is 26.5 Å². The maximum atomic E-state index is 8.20. The number of benzene rings is 1. The molecule has 1 heteroatoms. The van der Waals surface area contributed by atoms with E-state index >= 15 is 0 Å². The normalized spacial score (nSPS) is 13.2. The highest BCUT2D eigenvalue weighted by Crippen LogP contribution is 2.19. The largest absolute Gasteiger partial charge is 0.305 e. The number of rotatable bonds is 7. The van der Waals surface area contributed by atoms with Crippen molar-refractivity contribution >= 4 is 5.71 Å². The van der Waals surface area contributed by atoms with Crippen LogP contribution in [0, 0.1) is 17.2 Å². The molecule has 0 amide bonds. The van der Waals surface area contributed by atoms with Crippen molar-refractivity contribution < 1.29 is 0 Å². The summed E-state index contributed by atoms with van der Waals surface area (Å²) in [5, 5.41) is 8.20. The van der Waals surface area contributed by atoms with Gasteiger partial charge in [-0.15, -0.1) is 0 Å². The average Bonchev–Trinajstić information content (AvgIpc) is 2.42. The van der Waals surface area contributed by atoms with Gasteiger partial charge in [-0.1, -0.05) is 81.1 Å². The standard InChI is InChI=1S/C18H23N/c1-4-5-6-8-13-17(15(2)3)14-18(19)16-11-9-7-10-12-16/h4-13,15,17,19H,1,14H2,2-3H3/b6-5-,13-8-,19-18?/t17-/m1/s1. The van der Waals surface area contributed by atoms with Crippen molar-refractivity contribution in [2.24, 2.45) is 11.8 Å². The van der Waals surface area contributed by atoms with E-state index in [0.717, 1.165) is 12.0 Å². The molecule has 0 bridgehead atoms. The van der Waals surface area contributed by atoms with E-state index in [1.165, 1.54) is 0 Å². The monoisotopic (exact) mass is 253 g/mol. The Morgan fingerprint density at radius 1 is 1.16 bits per heavy atom. The summed E-state index contributed by atoms with van der Waals surface area (Å²) in [6.07, 6.45) is 10.7. The zero-order valence-corrected chi connectivity index (χ0v) is 11.8. The van der Waals surface area contributed by atoms with Gasteiger partial charge < -0.3 is 5.41 Å². The highest BCUT2D eigenvalue weighted by atomic mass is 14.4. The number of hydrogen-bond donors (Lipinski definition) is 1. The second-order valence-electron chi connectivity index (χ2n) is 4.96. The maximum absolute atomic E-state index is 8.20. The van der Waals surface area contributed by atoms with Gasteiger partial charge in [-0.3, -0.25) is 0 Å². The third-order valence-corrected chi connectivity index (χ3v) is 3.13. The van der Waals surface area contributed by atoms with Crippen LogP contribution in [-0.4, -0.2) is 5.71 Å². The third kappa shape index (κ3) is 5.52. The lowest BCUT2D eigenvalue weighted by molar-refractivity contribution is 0.479. The van der Waals surface area contributed by atoms with Crippen LogP contribution in [0.4, 0.5) is 0 Å². The molecule has 1 nitrogen and oxygen atoms in total. The Labute approximate surface area is 116 Å². The minimum Gasteiger partial charge on any atom is -0.305 e. The van der Waals surface area contributed by atoms with Crippen molar-refractivity contribution in [3.63, 3.8) is 0 Å². The summed E-state index contributed by atoms with van der Waals surface area (Å²) >= 11 is 0. The van der Waals surface area contributed by atoms with Crippen LogP contribution in [0.2, 0.25) is 0 Å². The first-order valence-corrected chi connectivity index (χ1v) is 6.74. The lowest BCUT2D eigenvalue weighted by Gasteiger charge is -2.17. The molecule has 0 radical (unpaired) electrons. The molecule has 0 saturated carbocycles. The Hall–Kier alpha value is -1.89. The van der Waals surface area contributed by atoms with Crippen LogP contribution in [0.5, 0.6) is 0 Å². The Balaban J connectivity index is 2.69. The molecule has 0 unspecified atom stereocenters. The van der Waals surface area contributed by atoms with Crippen LogP contribution in [-0.2, 0) is 0 Å². The van der Waals surface area contributed by atoms with Crippen LogP contribution in [0.1, 0.15) is 25.8 Å². The van der Waals surface area contributed by atoms with Gasteiger partial charge in [-0.2, -0.15) is 0 Å². The zero-order chi connectivity index (χ0) is 14.1. The molecule has 100 valence electrons. The topological polar surface area (TPSA) is 23.9 Å². The van der Waals surface area contributed by atoms with E-state index in [1.807, 2.05) is 48.6 Å². The summed E-state index contributed by atoms with van der Waals surface area (Å²) in [5.41, 5.74) is 1.72. The van der Waals surface area contributed by atoms with Crippen LogP contribution < -0.4 is 0 Å². The summed E-state index contributed by atoms with van der Waals surface area (Å²) in [6.45, 7) is 8.04. The molecule has 0 aliphatic heterocycles. The van der Waals surface area contributed by atoms with Gasteiger partial charge in [0.2, 0.25) is 0 Å². The minimum absolute atomic E-state index is 0.391. The molecule has 0 heterocycles. The predicted octanol–water partition coefficient (Wildman–Crippen LogP) is 5.02. The van der Waals surface area contributed by atoms with E-state index < -0.39 is 0 Å². The first-order chi connectivity index (χ1) is 9.15. The van der Waals surface area contributed by atoms with Gasteiger partial charge in [0.1, 0.15) is 0 Å². The van der Waals surface area contributed by atoms with E-state index in [4.69, 9.17) is 5.41 Å². The highest BCUT2D eigenvalue weighted by Gasteiger charge is 2.13. The molecule has 1 aromatic rings. The highest BCUT2D eigenvalue weighted by molar-refractivity contribution is 5.98. The fraction of sp³-hybridized carbons (Fsp3) is 0.278. The fourth-order valence-electron chi connectivity index (χ4n) is 1.87. The Kier molecular flexibility index (Phi) is 6.59. The second kappa shape index (κ2) is 8.25. The molecule has 19 heavy (non-hydrogen) atoms. The van der Waals surface area contributed by atoms with Crippen molar-refractivity contribution in [1.82, 2.24) is 0 Å². The van der Waals surface area contributed by atoms with Crippen LogP contribution in [0.25, 0.3) is 0 Å². The van der Waals surface area contributed by atoms with E-state index in [0.29, 0.717) is 17.5 Å². The molecule has 0 aliphatic rings. The van der Waals surface area contributed by atoms with Gasteiger partial charge in [0, 0.05) is 5.71 Å². The van der Waals surface area contributed by atoms with Crippen LogP contribution in [0.3, 0.4) is 0 Å². The molecule has 0 spiro atoms. The third-order valence-electron chi connectivity index (χ3n) is 3.13. The van der Waals surface area contributed by atoms with E-state index in [-0.39, 0.29) is 0 Å². The molecule has 1 N–H and O–H groups in total. The SMILES string of the molecule is C=C/C=C\C=C/[C@H](CC(=N)c1ccccc1)C(C)C. The van der Waals surface area contributed by atoms with Crippen molar-refractivity contribution in [1.29, 1.82) is 5.41 Å². The number of nitrogens with one attached hydrogen (secondary N) is 1. The Bertz CT molecular complexity index is 452. The molecule has 0 aliphatic carbocycles. The summed E-state index contributed by atoms with van der Waals surface area (Å²) < 4.78 is 0. The lowest BCUT2D eigenvalue weighted by atomic mass is 9.88. The smallest absolute Gasteiger partial charge is 0.0392 e. The molecular weight excluding hydrogens is 230 g/mol. The molecule has 1 aromatic carbocycles. The summed E-state index contributed by atoms with van der Waals surface area (Å²) in [4.78, 5) is 0. The average molecular weight is 253 g/mol. The van der Waals surface area contributed by atoms with Gasteiger partial charge in [0.15, 0.2) is 0 Å². The van der Waals surface area contributed by atoms with Crippen LogP contribution >= 0.6 is 0 Å². The van der Waals surface area contributed by atoms with Gasteiger partial charge in [-0.05, 0) is 23.8 Å². The summed E-state index contributed by atoms with van der Waals surface area (Å²) in [5.74, 6) is 0.916. The molecular formula is C18H23N. The predicted molar refractivity (Wildman–Crippen MR) is 84.7 cm³/mol. The van der Waals surface area contributed by atoms with Crippen molar-refractivity contribution in [3.8, 4) is 0 Å². The number of hydrogen-bond acceptors (Lipinski definition) is 1. The van der Waals surface area contributed by atoms with Crippen molar-refractivity contribution in [2.45, 2.75) is 20.3 Å². The fourth-order valence-corrected chi connectivity index (χ4v) is 1.87. The molecule has 0 fully saturated rings. The maximum Gasteiger partial charge on any atom is 0.0392 e. The summed E-state index contributed by atoms with van der Waals surface area (Å²) in [6, 6.07) is 9.95. The van der Waals surface area contributed by atoms with Gasteiger partial charge in [0.25, 0.3) is 0 Å².